The molecule has 0 aromatic heterocycles. The van der Waals surface area contributed by atoms with Gasteiger partial charge in [-0.15, -0.1) is 0 Å². The van der Waals surface area contributed by atoms with Gasteiger partial charge in [-0.3, -0.25) is 4.79 Å². The van der Waals surface area contributed by atoms with Gasteiger partial charge in [-0.05, 0) is 29.7 Å². The maximum atomic E-state index is 10.7. The third-order valence-electron chi connectivity index (χ3n) is 0.871. The monoisotopic (exact) mass is 155 g/mol. The number of allylic oxidation sites excluding steroid dienone is 1. The Morgan fingerprint density at radius 2 is 2.50 bits per heavy atom. The largest absolute Gasteiger partial charge is 0.295 e. The second kappa shape index (κ2) is 6.37. The van der Waals surface area contributed by atoms with E-state index in [1.54, 1.807) is 0 Å². The van der Waals surface area contributed by atoms with Gasteiger partial charge in [0.25, 0.3) is 0 Å². The second-order valence-corrected chi connectivity index (χ2v) is 2.42. The highest BCUT2D eigenvalue weighted by molar-refractivity contribution is 8.06. The fraction of sp³-hybridized carbons (Fsp3) is 0.429. The third-order valence-corrected chi connectivity index (χ3v) is 1.25. The minimum atomic E-state index is 0.0882. The molecule has 0 atom stereocenters. The first-order valence-electron chi connectivity index (χ1n) is 3.05. The van der Waals surface area contributed by atoms with Crippen LogP contribution in [0.1, 0.15) is 19.8 Å². The Bertz CT molecular complexity index is 169. The van der Waals surface area contributed by atoms with Crippen LogP contribution in [0.25, 0.3) is 0 Å². The van der Waals surface area contributed by atoms with Crippen LogP contribution in [0.2, 0.25) is 0 Å². The van der Waals surface area contributed by atoms with Crippen molar-refractivity contribution in [1.29, 1.82) is 5.26 Å². The summed E-state index contributed by atoms with van der Waals surface area (Å²) in [6, 6.07) is 0. The van der Waals surface area contributed by atoms with Crippen LogP contribution < -0.4 is 0 Å². The molecule has 0 radical (unpaired) electrons. The molecule has 0 aliphatic rings. The number of carbonyl (C=O) groups excluding carboxylic acids is 1. The van der Waals surface area contributed by atoms with Gasteiger partial charge in [-0.2, -0.15) is 5.26 Å². The molecule has 0 saturated carbocycles. The number of ketones is 1. The number of nitriles is 1. The first-order chi connectivity index (χ1) is 4.81. The van der Waals surface area contributed by atoms with E-state index < -0.39 is 0 Å². The van der Waals surface area contributed by atoms with Crippen LogP contribution in [0.15, 0.2) is 11.5 Å². The van der Waals surface area contributed by atoms with E-state index >= 15 is 0 Å². The van der Waals surface area contributed by atoms with Crippen molar-refractivity contribution in [2.24, 2.45) is 0 Å². The van der Waals surface area contributed by atoms with Crippen molar-refractivity contribution in [2.45, 2.75) is 19.8 Å². The lowest BCUT2D eigenvalue weighted by Gasteiger charge is -1.85. The van der Waals surface area contributed by atoms with E-state index in [-0.39, 0.29) is 5.78 Å². The molecule has 0 aromatic carbocycles. The molecule has 0 spiro atoms. The molecule has 0 unspecified atom stereocenters. The van der Waals surface area contributed by atoms with Crippen molar-refractivity contribution in [3.05, 3.63) is 11.5 Å². The predicted octanol–water partition coefficient (Wildman–Crippen LogP) is 2.08. The van der Waals surface area contributed by atoms with Gasteiger partial charge in [0.1, 0.15) is 5.40 Å². The summed E-state index contributed by atoms with van der Waals surface area (Å²) in [7, 11) is 0. The van der Waals surface area contributed by atoms with Gasteiger partial charge in [0, 0.05) is 6.42 Å². The van der Waals surface area contributed by atoms with E-state index in [0.29, 0.717) is 6.42 Å². The van der Waals surface area contributed by atoms with Gasteiger partial charge in [-0.1, -0.05) is 6.92 Å². The molecule has 0 N–H and O–H groups in total. The van der Waals surface area contributed by atoms with Gasteiger partial charge < -0.3 is 0 Å². The normalized spacial score (nSPS) is 9.60. The van der Waals surface area contributed by atoms with Crippen molar-refractivity contribution in [1.82, 2.24) is 0 Å². The smallest absolute Gasteiger partial charge is 0.156 e. The third kappa shape index (κ3) is 5.39. The predicted molar refractivity (Wildman–Crippen MR) is 42.3 cm³/mol. The standard InChI is InChI=1S/C7H9NOS/c1-2-3-7(9)4-5-10-6-8/h4-5H,2-3H2,1H3/b5-4+. The number of nitrogens with zero attached hydrogens (tertiary/aromatic N) is 1. The Kier molecular flexibility index (Phi) is 5.89. The molecule has 3 heteroatoms. The van der Waals surface area contributed by atoms with Crippen LogP contribution in [-0.2, 0) is 4.79 Å². The van der Waals surface area contributed by atoms with E-state index in [1.165, 1.54) is 11.5 Å². The summed E-state index contributed by atoms with van der Waals surface area (Å²) in [5, 5.41) is 11.4. The molecule has 0 amide bonds. The van der Waals surface area contributed by atoms with E-state index in [1.807, 2.05) is 12.3 Å². The first kappa shape index (κ1) is 9.25. The zero-order valence-electron chi connectivity index (χ0n) is 5.83. The number of hydrogen-bond acceptors (Lipinski definition) is 3. The zero-order valence-corrected chi connectivity index (χ0v) is 6.65. The van der Waals surface area contributed by atoms with Gasteiger partial charge in [0.2, 0.25) is 0 Å². The lowest BCUT2D eigenvalue weighted by molar-refractivity contribution is -0.114. The first-order valence-corrected chi connectivity index (χ1v) is 3.93. The van der Waals surface area contributed by atoms with Gasteiger partial charge >= 0.3 is 0 Å². The Labute approximate surface area is 64.9 Å². The Hall–Kier alpha value is -0.750. The zero-order chi connectivity index (χ0) is 7.82. The van der Waals surface area contributed by atoms with Gasteiger partial charge in [0.15, 0.2) is 5.78 Å². The molecule has 0 aromatic rings. The molecule has 0 rings (SSSR count). The molecule has 54 valence electrons. The molecule has 2 nitrogen and oxygen atoms in total. The SMILES string of the molecule is CCCC(=O)/C=C/SC#N. The van der Waals surface area contributed by atoms with Gasteiger partial charge in [0.05, 0.1) is 0 Å². The molecule has 0 fully saturated rings. The number of rotatable bonds is 4. The quantitative estimate of drug-likeness (QED) is 0.461. The Morgan fingerprint density at radius 3 is 3.00 bits per heavy atom. The highest BCUT2D eigenvalue weighted by Gasteiger charge is 1.90. The molecule has 0 bridgehead atoms. The summed E-state index contributed by atoms with van der Waals surface area (Å²) in [6.45, 7) is 1.95. The minimum absolute atomic E-state index is 0.0882. The highest BCUT2D eigenvalue weighted by atomic mass is 32.2. The fourth-order valence-electron chi connectivity index (χ4n) is 0.470. The van der Waals surface area contributed by atoms with Crippen molar-refractivity contribution in [2.75, 3.05) is 0 Å². The summed E-state index contributed by atoms with van der Waals surface area (Å²) in [6.07, 6.45) is 2.88. The molecule has 0 aliphatic heterocycles. The van der Waals surface area contributed by atoms with Crippen LogP contribution in [-0.4, -0.2) is 5.78 Å². The molecule has 0 heterocycles. The Morgan fingerprint density at radius 1 is 1.80 bits per heavy atom. The van der Waals surface area contributed by atoms with E-state index in [9.17, 15) is 4.79 Å². The number of thioether (sulfide) groups is 1. The second-order valence-electron chi connectivity index (χ2n) is 1.73. The van der Waals surface area contributed by atoms with Crippen molar-refractivity contribution in [3.63, 3.8) is 0 Å². The van der Waals surface area contributed by atoms with Crippen molar-refractivity contribution in [3.8, 4) is 5.40 Å². The number of carbonyl (C=O) groups is 1. The van der Waals surface area contributed by atoms with Gasteiger partial charge in [-0.25, -0.2) is 0 Å². The van der Waals surface area contributed by atoms with Crippen LogP contribution in [0, 0.1) is 10.7 Å². The van der Waals surface area contributed by atoms with E-state index in [0.717, 1.165) is 18.2 Å². The maximum Gasteiger partial charge on any atom is 0.156 e. The average Bonchev–Trinajstić information content (AvgIpc) is 1.89. The van der Waals surface area contributed by atoms with E-state index in [2.05, 4.69) is 0 Å². The average molecular weight is 155 g/mol. The van der Waals surface area contributed by atoms with Crippen LogP contribution >= 0.6 is 11.8 Å². The Balaban J connectivity index is 3.48. The lowest BCUT2D eigenvalue weighted by Crippen LogP contribution is -1.88. The summed E-state index contributed by atoms with van der Waals surface area (Å²) in [5.41, 5.74) is 0. The minimum Gasteiger partial charge on any atom is -0.295 e. The van der Waals surface area contributed by atoms with Crippen molar-refractivity contribution >= 4 is 17.5 Å². The lowest BCUT2D eigenvalue weighted by atomic mass is 10.2. The maximum absolute atomic E-state index is 10.7. The van der Waals surface area contributed by atoms with Crippen LogP contribution in [0.5, 0.6) is 0 Å². The summed E-state index contributed by atoms with van der Waals surface area (Å²) in [4.78, 5) is 10.7. The summed E-state index contributed by atoms with van der Waals surface area (Å²) in [5.74, 6) is 0.0882. The number of hydrogen-bond donors (Lipinski definition) is 0. The topological polar surface area (TPSA) is 40.9 Å². The van der Waals surface area contributed by atoms with Crippen LogP contribution in [0.4, 0.5) is 0 Å². The molecule has 0 aliphatic carbocycles. The summed E-state index contributed by atoms with van der Waals surface area (Å²) >= 11 is 0.966. The number of thiocyanates is 1. The molecular formula is C7H9NOS. The fourth-order valence-corrected chi connectivity index (χ4v) is 0.751. The van der Waals surface area contributed by atoms with Crippen molar-refractivity contribution < 1.29 is 4.79 Å². The highest BCUT2D eigenvalue weighted by Crippen LogP contribution is 1.99. The molecular weight excluding hydrogens is 146 g/mol. The van der Waals surface area contributed by atoms with Crippen LogP contribution in [0.3, 0.4) is 0 Å². The molecule has 10 heavy (non-hydrogen) atoms. The van der Waals surface area contributed by atoms with E-state index in [4.69, 9.17) is 5.26 Å². The summed E-state index contributed by atoms with van der Waals surface area (Å²) < 4.78 is 0. The molecule has 0 saturated heterocycles.